The van der Waals surface area contributed by atoms with Crippen molar-refractivity contribution < 1.29 is 9.90 Å². The normalized spacial score (nSPS) is 15.5. The van der Waals surface area contributed by atoms with Crippen LogP contribution in [0.25, 0.3) is 0 Å². The maximum absolute atomic E-state index is 12.4. The summed E-state index contributed by atoms with van der Waals surface area (Å²) in [4.78, 5) is 15.5. The minimum atomic E-state index is 0.227. The number of hydrogen-bond donors (Lipinski definition) is 1. The second-order valence-electron chi connectivity index (χ2n) is 6.35. The second-order valence-corrected chi connectivity index (χ2v) is 7.40. The summed E-state index contributed by atoms with van der Waals surface area (Å²) in [6, 6.07) is 15.8. The Kier molecular flexibility index (Phi) is 5.46. The monoisotopic (exact) mass is 341 g/mol. The Morgan fingerprint density at radius 3 is 2.33 bits per heavy atom. The number of benzene rings is 2. The van der Waals surface area contributed by atoms with E-state index < -0.39 is 0 Å². The van der Waals surface area contributed by atoms with Crippen LogP contribution in [-0.2, 0) is 4.79 Å². The molecule has 1 aliphatic rings. The van der Waals surface area contributed by atoms with E-state index in [9.17, 15) is 9.90 Å². The maximum Gasteiger partial charge on any atom is 0.232 e. The van der Waals surface area contributed by atoms with Crippen LogP contribution >= 0.6 is 11.8 Å². The molecule has 0 saturated carbocycles. The first-order chi connectivity index (χ1) is 11.6. The fourth-order valence-electron chi connectivity index (χ4n) is 3.08. The fraction of sp³-hybridized carbons (Fsp3) is 0.350. The number of likely N-dealkylation sites (tertiary alicyclic amines) is 1. The van der Waals surface area contributed by atoms with Crippen molar-refractivity contribution in [2.75, 3.05) is 18.8 Å². The Morgan fingerprint density at radius 1 is 1.08 bits per heavy atom. The number of phenolic OH excluding ortho intramolecular Hbond substituents is 1. The molecular formula is C20H23NO2S. The molecule has 1 heterocycles. The van der Waals surface area contributed by atoms with Gasteiger partial charge < -0.3 is 10.0 Å². The molecule has 0 aromatic heterocycles. The summed E-state index contributed by atoms with van der Waals surface area (Å²) in [6.45, 7) is 3.70. The van der Waals surface area contributed by atoms with E-state index in [1.807, 2.05) is 17.0 Å². The number of carbonyl (C=O) groups excluding carboxylic acids is 1. The molecule has 0 radical (unpaired) electrons. The highest BCUT2D eigenvalue weighted by Crippen LogP contribution is 2.29. The fourth-order valence-corrected chi connectivity index (χ4v) is 3.88. The van der Waals surface area contributed by atoms with Crippen molar-refractivity contribution in [1.82, 2.24) is 4.90 Å². The molecule has 126 valence electrons. The number of aromatic hydroxyl groups is 1. The molecule has 0 aliphatic carbocycles. The molecule has 3 rings (SSSR count). The standard InChI is InChI=1S/C20H23NO2S/c1-15-2-8-19(9-3-15)24-14-20(23)21-12-10-17(11-13-21)16-4-6-18(22)7-5-16/h2-9,17,22H,10-14H2,1H3. The molecule has 0 spiro atoms. The number of piperidine rings is 1. The van der Waals surface area contributed by atoms with Gasteiger partial charge in [-0.05, 0) is 55.5 Å². The summed E-state index contributed by atoms with van der Waals surface area (Å²) in [7, 11) is 0. The Labute approximate surface area is 147 Å². The van der Waals surface area contributed by atoms with Crippen molar-refractivity contribution in [2.24, 2.45) is 0 Å². The predicted molar refractivity (Wildman–Crippen MR) is 98.6 cm³/mol. The molecule has 2 aromatic carbocycles. The lowest BCUT2D eigenvalue weighted by atomic mass is 9.89. The predicted octanol–water partition coefficient (Wildman–Crippen LogP) is 4.20. The van der Waals surface area contributed by atoms with Crippen molar-refractivity contribution in [3.05, 3.63) is 59.7 Å². The molecule has 1 fully saturated rings. The van der Waals surface area contributed by atoms with E-state index in [-0.39, 0.29) is 5.91 Å². The van der Waals surface area contributed by atoms with Crippen LogP contribution in [0.2, 0.25) is 0 Å². The Morgan fingerprint density at radius 2 is 1.71 bits per heavy atom. The molecule has 24 heavy (non-hydrogen) atoms. The molecule has 1 amide bonds. The number of hydrogen-bond acceptors (Lipinski definition) is 3. The van der Waals surface area contributed by atoms with Gasteiger partial charge in [-0.15, -0.1) is 11.8 Å². The van der Waals surface area contributed by atoms with E-state index in [4.69, 9.17) is 0 Å². The van der Waals surface area contributed by atoms with Crippen LogP contribution in [0.3, 0.4) is 0 Å². The van der Waals surface area contributed by atoms with Crippen LogP contribution in [0.4, 0.5) is 0 Å². The second kappa shape index (κ2) is 7.75. The van der Waals surface area contributed by atoms with Crippen LogP contribution in [0.1, 0.15) is 29.9 Å². The number of rotatable bonds is 4. The third-order valence-corrected chi connectivity index (χ3v) is 5.59. The lowest BCUT2D eigenvalue weighted by molar-refractivity contribution is -0.129. The van der Waals surface area contributed by atoms with Gasteiger partial charge in [0.1, 0.15) is 5.75 Å². The number of aryl methyl sites for hydroxylation is 1. The largest absolute Gasteiger partial charge is 0.508 e. The van der Waals surface area contributed by atoms with Gasteiger partial charge in [0.25, 0.3) is 0 Å². The minimum Gasteiger partial charge on any atom is -0.508 e. The SMILES string of the molecule is Cc1ccc(SCC(=O)N2CCC(c3ccc(O)cc3)CC2)cc1. The first kappa shape index (κ1) is 16.9. The van der Waals surface area contributed by atoms with E-state index in [2.05, 4.69) is 31.2 Å². The molecule has 3 nitrogen and oxygen atoms in total. The van der Waals surface area contributed by atoms with E-state index >= 15 is 0 Å². The van der Waals surface area contributed by atoms with Crippen LogP contribution < -0.4 is 0 Å². The summed E-state index contributed by atoms with van der Waals surface area (Å²) in [6.07, 6.45) is 1.98. The number of amides is 1. The summed E-state index contributed by atoms with van der Waals surface area (Å²) < 4.78 is 0. The van der Waals surface area contributed by atoms with E-state index in [1.54, 1.807) is 23.9 Å². The molecule has 0 atom stereocenters. The van der Waals surface area contributed by atoms with Gasteiger partial charge in [0.15, 0.2) is 0 Å². The zero-order valence-electron chi connectivity index (χ0n) is 13.9. The third-order valence-electron chi connectivity index (χ3n) is 4.60. The zero-order chi connectivity index (χ0) is 16.9. The van der Waals surface area contributed by atoms with E-state index in [0.717, 1.165) is 30.8 Å². The van der Waals surface area contributed by atoms with Crippen molar-refractivity contribution in [3.63, 3.8) is 0 Å². The van der Waals surface area contributed by atoms with Gasteiger partial charge in [-0.2, -0.15) is 0 Å². The topological polar surface area (TPSA) is 40.5 Å². The lowest BCUT2D eigenvalue weighted by Crippen LogP contribution is -2.38. The van der Waals surface area contributed by atoms with Crippen LogP contribution in [0, 0.1) is 6.92 Å². The third kappa shape index (κ3) is 4.32. The van der Waals surface area contributed by atoms with Gasteiger partial charge in [-0.25, -0.2) is 0 Å². The maximum atomic E-state index is 12.4. The van der Waals surface area contributed by atoms with Gasteiger partial charge in [0, 0.05) is 18.0 Å². The highest BCUT2D eigenvalue weighted by molar-refractivity contribution is 8.00. The van der Waals surface area contributed by atoms with E-state index in [1.165, 1.54) is 11.1 Å². The van der Waals surface area contributed by atoms with Crippen LogP contribution in [0.5, 0.6) is 5.75 Å². The quantitative estimate of drug-likeness (QED) is 0.847. The summed E-state index contributed by atoms with van der Waals surface area (Å²) >= 11 is 1.61. The Bertz CT molecular complexity index is 674. The molecule has 1 aliphatic heterocycles. The van der Waals surface area contributed by atoms with Crippen molar-refractivity contribution in [1.29, 1.82) is 0 Å². The smallest absolute Gasteiger partial charge is 0.232 e. The van der Waals surface area contributed by atoms with E-state index in [0.29, 0.717) is 17.4 Å². The lowest BCUT2D eigenvalue weighted by Gasteiger charge is -2.32. The summed E-state index contributed by atoms with van der Waals surface area (Å²) in [5, 5.41) is 9.38. The molecule has 1 N–H and O–H groups in total. The highest BCUT2D eigenvalue weighted by atomic mass is 32.2. The van der Waals surface area contributed by atoms with Crippen LogP contribution in [0.15, 0.2) is 53.4 Å². The van der Waals surface area contributed by atoms with Gasteiger partial charge >= 0.3 is 0 Å². The highest BCUT2D eigenvalue weighted by Gasteiger charge is 2.23. The van der Waals surface area contributed by atoms with Crippen molar-refractivity contribution >= 4 is 17.7 Å². The Balaban J connectivity index is 1.48. The molecule has 0 bridgehead atoms. The van der Waals surface area contributed by atoms with Gasteiger partial charge in [-0.3, -0.25) is 4.79 Å². The molecule has 0 unspecified atom stereocenters. The molecule has 2 aromatic rings. The average Bonchev–Trinajstić information content (AvgIpc) is 2.62. The average molecular weight is 341 g/mol. The first-order valence-corrected chi connectivity index (χ1v) is 9.36. The number of phenols is 1. The van der Waals surface area contributed by atoms with Crippen LogP contribution in [-0.4, -0.2) is 34.8 Å². The first-order valence-electron chi connectivity index (χ1n) is 8.38. The van der Waals surface area contributed by atoms with Crippen molar-refractivity contribution in [3.8, 4) is 5.75 Å². The summed E-state index contributed by atoms with van der Waals surface area (Å²) in [5.41, 5.74) is 2.50. The van der Waals surface area contributed by atoms with Gasteiger partial charge in [0.05, 0.1) is 5.75 Å². The van der Waals surface area contributed by atoms with Gasteiger partial charge in [-0.1, -0.05) is 29.8 Å². The molecule has 4 heteroatoms. The molecule has 1 saturated heterocycles. The number of carbonyl (C=O) groups is 1. The van der Waals surface area contributed by atoms with Gasteiger partial charge in [0.2, 0.25) is 5.91 Å². The number of thioether (sulfide) groups is 1. The molecular weight excluding hydrogens is 318 g/mol. The zero-order valence-corrected chi connectivity index (χ0v) is 14.8. The van der Waals surface area contributed by atoms with Crippen molar-refractivity contribution in [2.45, 2.75) is 30.6 Å². The number of nitrogens with zero attached hydrogens (tertiary/aromatic N) is 1. The minimum absolute atomic E-state index is 0.227. The Hall–Kier alpha value is -1.94. The summed E-state index contributed by atoms with van der Waals surface area (Å²) in [5.74, 6) is 1.52.